The van der Waals surface area contributed by atoms with E-state index in [2.05, 4.69) is 28.6 Å². The van der Waals surface area contributed by atoms with Crippen molar-refractivity contribution < 1.29 is 4.79 Å². The Hall–Kier alpha value is -3.12. The van der Waals surface area contributed by atoms with E-state index in [1.807, 2.05) is 49.4 Å². The van der Waals surface area contributed by atoms with Crippen LogP contribution < -0.4 is 4.90 Å². The van der Waals surface area contributed by atoms with Gasteiger partial charge in [-0.1, -0.05) is 48.0 Å². The number of aryl methyl sites for hydroxylation is 1. The second-order valence-electron chi connectivity index (χ2n) is 9.63. The molecule has 1 fully saturated rings. The summed E-state index contributed by atoms with van der Waals surface area (Å²) < 4.78 is 2.07. The number of para-hydroxylation sites is 1. The molecular formula is C27H28ClN5O. The Labute approximate surface area is 204 Å². The van der Waals surface area contributed by atoms with E-state index in [1.165, 1.54) is 0 Å². The van der Waals surface area contributed by atoms with E-state index in [9.17, 15) is 4.79 Å². The van der Waals surface area contributed by atoms with Gasteiger partial charge in [0.05, 0.1) is 29.7 Å². The van der Waals surface area contributed by atoms with Crippen LogP contribution in [-0.4, -0.2) is 39.0 Å². The molecule has 2 aromatic carbocycles. The summed E-state index contributed by atoms with van der Waals surface area (Å²) in [5.41, 5.74) is 4.34. The fraction of sp³-hybridized carbons (Fsp3) is 0.370. The standard InChI is InChI=1S/C27H28ClN5O/c1-18-22-16-27(19(2)30-32(26(27)34)17-20-10-6-7-13-23(20)28)24-14-8-9-15-31(24)25(22)33(29-18)21-11-4-3-5-12-21/h3-7,10-13,24H,8-9,14-17H2,1-2H3/t24-,27+/m1/s1. The van der Waals surface area contributed by atoms with Crippen molar-refractivity contribution in [1.82, 2.24) is 14.8 Å². The van der Waals surface area contributed by atoms with E-state index in [1.54, 1.807) is 5.01 Å². The maximum absolute atomic E-state index is 14.2. The third kappa shape index (κ3) is 3.04. The average Bonchev–Trinajstić information content (AvgIpc) is 3.31. The Morgan fingerprint density at radius 1 is 1.06 bits per heavy atom. The number of carbonyl (C=O) groups excluding carboxylic acids is 1. The first-order valence-corrected chi connectivity index (χ1v) is 12.4. The van der Waals surface area contributed by atoms with Crippen molar-refractivity contribution >= 4 is 29.0 Å². The van der Waals surface area contributed by atoms with Crippen LogP contribution in [-0.2, 0) is 17.8 Å². The number of anilines is 1. The molecule has 6 rings (SSSR count). The molecule has 0 aliphatic carbocycles. The van der Waals surface area contributed by atoms with Gasteiger partial charge in [0.15, 0.2) is 0 Å². The molecule has 174 valence electrons. The Bertz CT molecular complexity index is 1300. The molecule has 7 heteroatoms. The number of piperidine rings is 1. The minimum absolute atomic E-state index is 0.0693. The van der Waals surface area contributed by atoms with E-state index in [0.717, 1.165) is 59.8 Å². The van der Waals surface area contributed by atoms with Crippen LogP contribution >= 0.6 is 11.6 Å². The molecule has 3 aromatic rings. The Kier molecular flexibility index (Phi) is 5.03. The molecule has 0 saturated carbocycles. The third-order valence-electron chi connectivity index (χ3n) is 7.77. The predicted octanol–water partition coefficient (Wildman–Crippen LogP) is 5.15. The lowest BCUT2D eigenvalue weighted by atomic mass is 9.66. The zero-order valence-electron chi connectivity index (χ0n) is 19.5. The number of fused-ring (bicyclic) bond motifs is 4. The number of hydrazone groups is 1. The highest BCUT2D eigenvalue weighted by atomic mass is 35.5. The molecule has 1 aromatic heterocycles. The Morgan fingerprint density at radius 3 is 2.62 bits per heavy atom. The van der Waals surface area contributed by atoms with E-state index in [0.29, 0.717) is 18.0 Å². The summed E-state index contributed by atoms with van der Waals surface area (Å²) in [6.45, 7) is 5.39. The number of hydrogen-bond acceptors (Lipinski definition) is 4. The summed E-state index contributed by atoms with van der Waals surface area (Å²) in [6.07, 6.45) is 3.83. The van der Waals surface area contributed by atoms with Crippen LogP contribution in [0.25, 0.3) is 5.69 Å². The highest BCUT2D eigenvalue weighted by Gasteiger charge is 2.60. The Balaban J connectivity index is 1.44. The zero-order chi connectivity index (χ0) is 23.4. The van der Waals surface area contributed by atoms with Crippen LogP contribution in [0.3, 0.4) is 0 Å². The van der Waals surface area contributed by atoms with Crippen molar-refractivity contribution in [3.8, 4) is 5.69 Å². The molecular weight excluding hydrogens is 446 g/mol. The molecule has 1 saturated heterocycles. The maximum atomic E-state index is 14.2. The quantitative estimate of drug-likeness (QED) is 0.528. The van der Waals surface area contributed by atoms with Gasteiger partial charge in [0.1, 0.15) is 11.2 Å². The first kappa shape index (κ1) is 21.4. The first-order valence-electron chi connectivity index (χ1n) is 12.0. The van der Waals surface area contributed by atoms with Crippen molar-refractivity contribution in [2.24, 2.45) is 10.5 Å². The van der Waals surface area contributed by atoms with Gasteiger partial charge >= 0.3 is 0 Å². The summed E-state index contributed by atoms with van der Waals surface area (Å²) in [5, 5.41) is 12.1. The number of rotatable bonds is 3. The van der Waals surface area contributed by atoms with Gasteiger partial charge in [-0.3, -0.25) is 4.79 Å². The zero-order valence-corrected chi connectivity index (χ0v) is 20.3. The smallest absolute Gasteiger partial charge is 0.257 e. The number of carbonyl (C=O) groups is 1. The fourth-order valence-electron chi connectivity index (χ4n) is 6.08. The topological polar surface area (TPSA) is 53.7 Å². The van der Waals surface area contributed by atoms with Crippen LogP contribution in [0, 0.1) is 12.3 Å². The summed E-state index contributed by atoms with van der Waals surface area (Å²) in [5.74, 6) is 1.23. The second-order valence-corrected chi connectivity index (χ2v) is 10.0. The number of halogens is 1. The molecule has 1 amide bonds. The predicted molar refractivity (Wildman–Crippen MR) is 135 cm³/mol. The SMILES string of the molecule is CC1=NN(Cc2ccccc2Cl)C(=O)[C@@]12Cc1c(C)nn(-c3ccccc3)c1N1CCCC[C@@H]12. The molecule has 0 unspecified atom stereocenters. The number of hydrogen-bond donors (Lipinski definition) is 0. The molecule has 1 spiro atoms. The van der Waals surface area contributed by atoms with Crippen LogP contribution in [0.1, 0.15) is 43.0 Å². The number of aromatic nitrogens is 2. The number of amides is 1. The van der Waals surface area contributed by atoms with E-state index in [4.69, 9.17) is 21.8 Å². The molecule has 2 atom stereocenters. The highest BCUT2D eigenvalue weighted by molar-refractivity contribution is 6.31. The van der Waals surface area contributed by atoms with Gasteiger partial charge in [0.2, 0.25) is 0 Å². The highest BCUT2D eigenvalue weighted by Crippen LogP contribution is 2.50. The van der Waals surface area contributed by atoms with Crippen molar-refractivity contribution in [1.29, 1.82) is 0 Å². The largest absolute Gasteiger partial charge is 0.352 e. The summed E-state index contributed by atoms with van der Waals surface area (Å²) >= 11 is 6.42. The molecule has 3 aliphatic heterocycles. The van der Waals surface area contributed by atoms with Crippen LogP contribution in [0.2, 0.25) is 5.02 Å². The minimum Gasteiger partial charge on any atom is -0.352 e. The second kappa shape index (κ2) is 7.98. The first-order chi connectivity index (χ1) is 16.5. The van der Waals surface area contributed by atoms with E-state index >= 15 is 0 Å². The van der Waals surface area contributed by atoms with Gasteiger partial charge in [-0.15, -0.1) is 0 Å². The molecule has 6 nitrogen and oxygen atoms in total. The van der Waals surface area contributed by atoms with Crippen LogP contribution in [0.15, 0.2) is 59.7 Å². The normalized spacial score (nSPS) is 23.8. The summed E-state index contributed by atoms with van der Waals surface area (Å²) in [4.78, 5) is 16.6. The lowest BCUT2D eigenvalue weighted by Gasteiger charge is -2.50. The Morgan fingerprint density at radius 2 is 1.82 bits per heavy atom. The third-order valence-corrected chi connectivity index (χ3v) is 8.14. The lowest BCUT2D eigenvalue weighted by molar-refractivity contribution is -0.138. The molecule has 0 radical (unpaired) electrons. The molecule has 4 heterocycles. The molecule has 3 aliphatic rings. The van der Waals surface area contributed by atoms with Gasteiger partial charge in [0.25, 0.3) is 5.91 Å². The van der Waals surface area contributed by atoms with Gasteiger partial charge in [-0.25, -0.2) is 9.69 Å². The number of benzene rings is 2. The molecule has 0 N–H and O–H groups in total. The van der Waals surface area contributed by atoms with Crippen molar-refractivity contribution in [2.75, 3.05) is 11.4 Å². The van der Waals surface area contributed by atoms with Crippen molar-refractivity contribution in [3.63, 3.8) is 0 Å². The van der Waals surface area contributed by atoms with E-state index < -0.39 is 5.41 Å². The number of nitrogens with zero attached hydrogens (tertiary/aromatic N) is 5. The van der Waals surface area contributed by atoms with E-state index in [-0.39, 0.29) is 11.9 Å². The van der Waals surface area contributed by atoms with Crippen LogP contribution in [0.4, 0.5) is 5.82 Å². The summed E-state index contributed by atoms with van der Waals surface area (Å²) in [7, 11) is 0. The van der Waals surface area contributed by atoms with Crippen molar-refractivity contribution in [3.05, 3.63) is 76.4 Å². The summed E-state index contributed by atoms with van der Waals surface area (Å²) in [6, 6.07) is 18.0. The van der Waals surface area contributed by atoms with Gasteiger partial charge in [-0.05, 0) is 63.3 Å². The van der Waals surface area contributed by atoms with Gasteiger partial charge in [0, 0.05) is 17.1 Å². The molecule has 34 heavy (non-hydrogen) atoms. The maximum Gasteiger partial charge on any atom is 0.257 e. The fourth-order valence-corrected chi connectivity index (χ4v) is 6.27. The average molecular weight is 474 g/mol. The van der Waals surface area contributed by atoms with Gasteiger partial charge in [-0.2, -0.15) is 10.2 Å². The minimum atomic E-state index is -0.663. The lowest BCUT2D eigenvalue weighted by Crippen LogP contribution is -2.61. The van der Waals surface area contributed by atoms with Gasteiger partial charge < -0.3 is 4.90 Å². The monoisotopic (exact) mass is 473 g/mol. The van der Waals surface area contributed by atoms with Crippen LogP contribution in [0.5, 0.6) is 0 Å². The molecule has 0 bridgehead atoms. The van der Waals surface area contributed by atoms with Crippen molar-refractivity contribution in [2.45, 2.75) is 52.1 Å².